The van der Waals surface area contributed by atoms with Gasteiger partial charge in [-0.15, -0.1) is 0 Å². The number of nitrogens with one attached hydrogen (secondary N) is 1. The van der Waals surface area contributed by atoms with Crippen molar-refractivity contribution in [3.05, 3.63) is 47.4 Å². The second kappa shape index (κ2) is 6.09. The van der Waals surface area contributed by atoms with Crippen molar-refractivity contribution in [2.75, 3.05) is 19.5 Å². The third-order valence-corrected chi connectivity index (χ3v) is 4.09. The van der Waals surface area contributed by atoms with E-state index in [4.69, 9.17) is 9.47 Å². The van der Waals surface area contributed by atoms with Crippen LogP contribution in [0.15, 0.2) is 36.7 Å². The van der Waals surface area contributed by atoms with Crippen LogP contribution in [0.1, 0.15) is 10.4 Å². The fraction of sp³-hybridized carbons (Fsp3) is 0.133. The van der Waals surface area contributed by atoms with Crippen LogP contribution in [0.2, 0.25) is 0 Å². The normalized spacial score (nSPS) is 10.5. The number of pyridine rings is 1. The van der Waals surface area contributed by atoms with Crippen molar-refractivity contribution in [1.29, 1.82) is 0 Å². The Morgan fingerprint density at radius 1 is 1.30 bits per heavy atom. The molecule has 0 fully saturated rings. The van der Waals surface area contributed by atoms with Gasteiger partial charge in [-0.3, -0.25) is 10.1 Å². The van der Waals surface area contributed by atoms with Gasteiger partial charge >= 0.3 is 0 Å². The van der Waals surface area contributed by atoms with Gasteiger partial charge in [0.25, 0.3) is 5.91 Å². The molecule has 0 unspecified atom stereocenters. The molecule has 0 aliphatic carbocycles. The monoisotopic (exact) mass is 331 g/mol. The molecule has 118 valence electrons. The number of carbonyl (C=O) groups excluding carboxylic acids is 1. The molecule has 0 spiro atoms. The molecular weight excluding hydrogens is 318 g/mol. The van der Waals surface area contributed by atoms with Crippen molar-refractivity contribution >= 4 is 32.6 Å². The van der Waals surface area contributed by atoms with Gasteiger partial charge in [-0.25, -0.2) is 4.98 Å². The van der Waals surface area contributed by atoms with Crippen LogP contribution in [-0.2, 0) is 0 Å². The predicted molar refractivity (Wildman–Crippen MR) is 86.1 cm³/mol. The minimum absolute atomic E-state index is 0.261. The third-order valence-electron chi connectivity index (χ3n) is 3.15. The molecule has 0 radical (unpaired) electrons. The van der Waals surface area contributed by atoms with Gasteiger partial charge in [0.15, 0.2) is 29.0 Å². The number of rotatable bonds is 4. The summed E-state index contributed by atoms with van der Waals surface area (Å²) in [5.41, 5.74) is 0.951. The molecule has 23 heavy (non-hydrogen) atoms. The lowest BCUT2D eigenvalue weighted by Gasteiger charge is -2.05. The van der Waals surface area contributed by atoms with Crippen molar-refractivity contribution in [3.63, 3.8) is 0 Å². The number of methoxy groups -OCH3 is 2. The molecule has 0 atom stereocenters. The summed E-state index contributed by atoms with van der Waals surface area (Å²) in [5.74, 6) is 0.767. The Morgan fingerprint density at radius 2 is 2.04 bits per heavy atom. The summed E-state index contributed by atoms with van der Waals surface area (Å²) in [4.78, 5) is 16.5. The molecule has 0 bridgehead atoms. The number of ether oxygens (including phenoxy) is 2. The smallest absolute Gasteiger partial charge is 0.263 e. The molecule has 3 rings (SSSR count). The minimum atomic E-state index is -0.395. The second-order valence-electron chi connectivity index (χ2n) is 4.60. The first-order valence-electron chi connectivity index (χ1n) is 6.63. The molecule has 1 amide bonds. The molecular formula is C15H13N3O4S. The molecule has 0 saturated carbocycles. The number of hydrogen-bond donors (Lipinski definition) is 1. The standard InChI is InChI=1S/C15H13N3O4S/c1-21-11-6-10-13(7-12(11)22-2)23-15(16-10)17-14(19)9-4-3-5-18(20)8-9/h3-8H,1-2H3,(H,16,17,19). The van der Waals surface area contributed by atoms with E-state index in [1.807, 2.05) is 0 Å². The molecule has 1 N–H and O–H groups in total. The Bertz CT molecular complexity index is 837. The quantitative estimate of drug-likeness (QED) is 0.585. The van der Waals surface area contributed by atoms with Crippen LogP contribution in [0.3, 0.4) is 0 Å². The predicted octanol–water partition coefficient (Wildman–Crippen LogP) is 2.20. The highest BCUT2D eigenvalue weighted by Crippen LogP contribution is 2.36. The van der Waals surface area contributed by atoms with Gasteiger partial charge in [0.2, 0.25) is 0 Å². The number of thiazole rings is 1. The number of anilines is 1. The van der Waals surface area contributed by atoms with Gasteiger partial charge in [0.05, 0.1) is 24.4 Å². The van der Waals surface area contributed by atoms with E-state index in [1.165, 1.54) is 29.8 Å². The van der Waals surface area contributed by atoms with Gasteiger partial charge in [-0.05, 0) is 6.07 Å². The molecule has 1 aromatic carbocycles. The molecule has 0 aliphatic rings. The van der Waals surface area contributed by atoms with E-state index in [0.717, 1.165) is 4.70 Å². The van der Waals surface area contributed by atoms with E-state index in [9.17, 15) is 10.0 Å². The summed E-state index contributed by atoms with van der Waals surface area (Å²) in [5, 5.41) is 14.3. The van der Waals surface area contributed by atoms with Crippen molar-refractivity contribution in [2.24, 2.45) is 0 Å². The number of nitrogens with zero attached hydrogens (tertiary/aromatic N) is 2. The van der Waals surface area contributed by atoms with E-state index in [-0.39, 0.29) is 5.56 Å². The summed E-state index contributed by atoms with van der Waals surface area (Å²) in [6.45, 7) is 0. The number of fused-ring (bicyclic) bond motifs is 1. The Hall–Kier alpha value is -2.87. The van der Waals surface area contributed by atoms with E-state index in [0.29, 0.717) is 26.9 Å². The Kier molecular flexibility index (Phi) is 3.98. The minimum Gasteiger partial charge on any atom is -0.619 e. The molecule has 2 aromatic heterocycles. The number of amides is 1. The zero-order valence-corrected chi connectivity index (χ0v) is 13.2. The van der Waals surface area contributed by atoms with Gasteiger partial charge in [-0.1, -0.05) is 11.3 Å². The first-order chi connectivity index (χ1) is 11.1. The molecule has 3 aromatic rings. The molecule has 8 heteroatoms. The summed E-state index contributed by atoms with van der Waals surface area (Å²) in [6, 6.07) is 6.61. The zero-order valence-electron chi connectivity index (χ0n) is 12.4. The molecule has 0 aliphatic heterocycles. The Labute approximate surface area is 135 Å². The maximum absolute atomic E-state index is 12.1. The SMILES string of the molecule is COc1cc2nc(NC(=O)c3ccc[n+]([O-])c3)sc2cc1OC. The van der Waals surface area contributed by atoms with E-state index in [1.54, 1.807) is 32.4 Å². The van der Waals surface area contributed by atoms with Gasteiger partial charge in [-0.2, -0.15) is 4.73 Å². The van der Waals surface area contributed by atoms with E-state index >= 15 is 0 Å². The van der Waals surface area contributed by atoms with Gasteiger partial charge in [0, 0.05) is 18.2 Å². The van der Waals surface area contributed by atoms with Crippen molar-refractivity contribution in [2.45, 2.75) is 0 Å². The second-order valence-corrected chi connectivity index (χ2v) is 5.63. The lowest BCUT2D eigenvalue weighted by molar-refractivity contribution is -0.605. The highest BCUT2D eigenvalue weighted by Gasteiger charge is 2.14. The molecule has 0 saturated heterocycles. The topological polar surface area (TPSA) is 87.4 Å². The third kappa shape index (κ3) is 3.02. The van der Waals surface area contributed by atoms with Crippen molar-refractivity contribution in [3.8, 4) is 11.5 Å². The van der Waals surface area contributed by atoms with Crippen LogP contribution in [0.25, 0.3) is 10.2 Å². The van der Waals surface area contributed by atoms with Gasteiger partial charge < -0.3 is 14.7 Å². The average molecular weight is 331 g/mol. The zero-order chi connectivity index (χ0) is 16.4. The molecule has 2 heterocycles. The highest BCUT2D eigenvalue weighted by molar-refractivity contribution is 7.22. The van der Waals surface area contributed by atoms with E-state index in [2.05, 4.69) is 10.3 Å². The lowest BCUT2D eigenvalue weighted by atomic mass is 10.3. The number of aromatic nitrogens is 2. The Morgan fingerprint density at radius 3 is 2.74 bits per heavy atom. The first kappa shape index (κ1) is 15.0. The van der Waals surface area contributed by atoms with Crippen LogP contribution in [0.5, 0.6) is 11.5 Å². The fourth-order valence-corrected chi connectivity index (χ4v) is 2.94. The van der Waals surface area contributed by atoms with Crippen molar-refractivity contribution in [1.82, 2.24) is 4.98 Å². The maximum atomic E-state index is 12.1. The Balaban J connectivity index is 1.90. The summed E-state index contributed by atoms with van der Waals surface area (Å²) in [7, 11) is 3.10. The fourth-order valence-electron chi connectivity index (χ4n) is 2.07. The van der Waals surface area contributed by atoms with Crippen LogP contribution >= 0.6 is 11.3 Å². The number of carbonyl (C=O) groups is 1. The largest absolute Gasteiger partial charge is 0.619 e. The van der Waals surface area contributed by atoms with Crippen LogP contribution in [0.4, 0.5) is 5.13 Å². The number of hydrogen-bond acceptors (Lipinski definition) is 6. The first-order valence-corrected chi connectivity index (χ1v) is 7.45. The average Bonchev–Trinajstić information content (AvgIpc) is 2.94. The summed E-state index contributed by atoms with van der Waals surface area (Å²) >= 11 is 1.31. The van der Waals surface area contributed by atoms with Crippen LogP contribution < -0.4 is 19.5 Å². The maximum Gasteiger partial charge on any atom is 0.263 e. The van der Waals surface area contributed by atoms with E-state index < -0.39 is 5.91 Å². The summed E-state index contributed by atoms with van der Waals surface area (Å²) in [6.07, 6.45) is 2.52. The number of benzene rings is 1. The van der Waals surface area contributed by atoms with Crippen molar-refractivity contribution < 1.29 is 19.0 Å². The highest BCUT2D eigenvalue weighted by atomic mass is 32.1. The lowest BCUT2D eigenvalue weighted by Crippen LogP contribution is -2.27. The van der Waals surface area contributed by atoms with Crippen LogP contribution in [-0.4, -0.2) is 25.1 Å². The van der Waals surface area contributed by atoms with Gasteiger partial charge in [0.1, 0.15) is 5.56 Å². The summed E-state index contributed by atoms with van der Waals surface area (Å²) < 4.78 is 11.9. The molecule has 7 nitrogen and oxygen atoms in total. The van der Waals surface area contributed by atoms with Crippen LogP contribution in [0, 0.1) is 5.21 Å².